The molecule has 28 heavy (non-hydrogen) atoms. The third kappa shape index (κ3) is 5.01. The van der Waals surface area contributed by atoms with Gasteiger partial charge in [-0.1, -0.05) is 54.7 Å². The van der Waals surface area contributed by atoms with Crippen LogP contribution in [0.4, 0.5) is 8.78 Å². The molecule has 0 N–H and O–H groups in total. The smallest absolute Gasteiger partial charge is 0.174 e. The van der Waals surface area contributed by atoms with E-state index in [0.717, 1.165) is 17.5 Å². The molecular formula is C25H17ClF2. The molecule has 0 heterocycles. The highest BCUT2D eigenvalue weighted by atomic mass is 35.5. The number of hydrogen-bond donors (Lipinski definition) is 0. The molecule has 0 aliphatic carbocycles. The predicted molar refractivity (Wildman–Crippen MR) is 110 cm³/mol. The molecular weight excluding hydrogens is 374 g/mol. The van der Waals surface area contributed by atoms with Crippen LogP contribution in [0.25, 0.3) is 0 Å². The van der Waals surface area contributed by atoms with E-state index < -0.39 is 11.6 Å². The average molecular weight is 391 g/mol. The first-order chi connectivity index (χ1) is 13.6. The molecule has 0 saturated carbocycles. The second-order valence-electron chi connectivity index (χ2n) is 6.23. The van der Waals surface area contributed by atoms with Crippen LogP contribution in [0.5, 0.6) is 0 Å². The molecule has 0 fully saturated rings. The second kappa shape index (κ2) is 9.23. The van der Waals surface area contributed by atoms with Gasteiger partial charge in [-0.05, 0) is 66.6 Å². The van der Waals surface area contributed by atoms with Crippen molar-refractivity contribution in [3.63, 3.8) is 0 Å². The van der Waals surface area contributed by atoms with Gasteiger partial charge >= 0.3 is 0 Å². The summed E-state index contributed by atoms with van der Waals surface area (Å²) in [4.78, 5) is 0. The summed E-state index contributed by atoms with van der Waals surface area (Å²) in [6.07, 6.45) is 1.27. The maximum absolute atomic E-state index is 14.1. The van der Waals surface area contributed by atoms with E-state index in [9.17, 15) is 8.78 Å². The molecule has 0 radical (unpaired) electrons. The normalized spacial score (nSPS) is 9.86. The number of rotatable bonds is 2. The molecule has 0 spiro atoms. The van der Waals surface area contributed by atoms with Crippen LogP contribution in [0.1, 0.15) is 41.2 Å². The van der Waals surface area contributed by atoms with Gasteiger partial charge in [-0.15, -0.1) is 0 Å². The van der Waals surface area contributed by atoms with Crippen molar-refractivity contribution < 1.29 is 8.78 Å². The molecule has 0 unspecified atom stereocenters. The zero-order chi connectivity index (χ0) is 19.9. The van der Waals surface area contributed by atoms with Gasteiger partial charge in [0.1, 0.15) is 0 Å². The van der Waals surface area contributed by atoms with Crippen molar-refractivity contribution >= 4 is 11.6 Å². The van der Waals surface area contributed by atoms with Crippen LogP contribution in [-0.2, 0) is 6.42 Å². The van der Waals surface area contributed by atoms with E-state index in [1.165, 1.54) is 6.07 Å². The maximum atomic E-state index is 14.1. The van der Waals surface area contributed by atoms with Crippen LogP contribution in [0.2, 0.25) is 5.02 Å². The summed E-state index contributed by atoms with van der Waals surface area (Å²) in [5.41, 5.74) is 2.85. The van der Waals surface area contributed by atoms with E-state index in [1.54, 1.807) is 30.3 Å². The first-order valence-corrected chi connectivity index (χ1v) is 9.31. The lowest BCUT2D eigenvalue weighted by molar-refractivity contribution is 0.496. The largest absolute Gasteiger partial charge is 0.203 e. The Kier molecular flexibility index (Phi) is 6.49. The fourth-order valence-corrected chi connectivity index (χ4v) is 2.73. The summed E-state index contributed by atoms with van der Waals surface area (Å²) in [6.45, 7) is 1.93. The summed E-state index contributed by atoms with van der Waals surface area (Å²) in [6, 6.07) is 17.7. The monoisotopic (exact) mass is 390 g/mol. The lowest BCUT2D eigenvalue weighted by Gasteiger charge is -2.03. The minimum absolute atomic E-state index is 0.0592. The van der Waals surface area contributed by atoms with Crippen LogP contribution < -0.4 is 0 Å². The van der Waals surface area contributed by atoms with Gasteiger partial charge in [0, 0.05) is 21.7 Å². The van der Waals surface area contributed by atoms with E-state index in [2.05, 4.69) is 23.7 Å². The van der Waals surface area contributed by atoms with Gasteiger partial charge < -0.3 is 0 Å². The Bertz CT molecular complexity index is 1090. The van der Waals surface area contributed by atoms with Crippen molar-refractivity contribution in [2.24, 2.45) is 0 Å². The maximum Gasteiger partial charge on any atom is 0.174 e. The third-order valence-electron chi connectivity index (χ3n) is 4.10. The van der Waals surface area contributed by atoms with Crippen LogP contribution >= 0.6 is 11.6 Å². The zero-order valence-corrected chi connectivity index (χ0v) is 16.1. The number of hydrogen-bond acceptors (Lipinski definition) is 0. The predicted octanol–water partition coefficient (Wildman–Crippen LogP) is 6.37. The zero-order valence-electron chi connectivity index (χ0n) is 15.3. The van der Waals surface area contributed by atoms with Crippen molar-refractivity contribution in [1.82, 2.24) is 0 Å². The molecule has 0 aliphatic heterocycles. The van der Waals surface area contributed by atoms with E-state index >= 15 is 0 Å². The molecule has 0 aliphatic rings. The Hall–Kier alpha value is -3.07. The molecule has 138 valence electrons. The molecule has 3 aromatic rings. The Morgan fingerprint density at radius 2 is 1.18 bits per heavy atom. The molecule has 0 amide bonds. The van der Waals surface area contributed by atoms with E-state index in [4.69, 9.17) is 11.6 Å². The molecule has 0 atom stereocenters. The minimum Gasteiger partial charge on any atom is -0.203 e. The first-order valence-electron chi connectivity index (χ1n) is 8.93. The summed E-state index contributed by atoms with van der Waals surface area (Å²) < 4.78 is 28.1. The number of benzene rings is 3. The molecule has 3 aromatic carbocycles. The highest BCUT2D eigenvalue weighted by Crippen LogP contribution is 2.17. The van der Waals surface area contributed by atoms with Gasteiger partial charge in [-0.25, -0.2) is 8.78 Å². The molecule has 3 rings (SSSR count). The summed E-state index contributed by atoms with van der Waals surface area (Å²) in [5.74, 6) is 10.0. The summed E-state index contributed by atoms with van der Waals surface area (Å²) >= 11 is 5.86. The lowest BCUT2D eigenvalue weighted by Crippen LogP contribution is -1.97. The van der Waals surface area contributed by atoms with Crippen molar-refractivity contribution in [1.29, 1.82) is 0 Å². The highest BCUT2D eigenvalue weighted by Gasteiger charge is 2.11. The second-order valence-corrected chi connectivity index (χ2v) is 6.67. The van der Waals surface area contributed by atoms with Crippen molar-refractivity contribution in [2.45, 2.75) is 19.8 Å². The molecule has 0 saturated heterocycles. The summed E-state index contributed by atoms with van der Waals surface area (Å²) in [5, 5.41) is 0.671. The number of aryl methyl sites for hydroxylation is 1. The fourth-order valence-electron chi connectivity index (χ4n) is 2.60. The Balaban J connectivity index is 1.76. The topological polar surface area (TPSA) is 0 Å². The van der Waals surface area contributed by atoms with Crippen LogP contribution in [-0.4, -0.2) is 0 Å². The van der Waals surface area contributed by atoms with Gasteiger partial charge in [0.15, 0.2) is 11.6 Å². The van der Waals surface area contributed by atoms with Crippen LogP contribution in [0.15, 0.2) is 60.7 Å². The minimum atomic E-state index is -0.885. The summed E-state index contributed by atoms with van der Waals surface area (Å²) in [7, 11) is 0. The van der Waals surface area contributed by atoms with Crippen LogP contribution in [0, 0.1) is 35.3 Å². The van der Waals surface area contributed by atoms with Gasteiger partial charge in [-0.3, -0.25) is 0 Å². The van der Waals surface area contributed by atoms with E-state index in [1.807, 2.05) is 31.2 Å². The Morgan fingerprint density at radius 1 is 0.679 bits per heavy atom. The average Bonchev–Trinajstić information content (AvgIpc) is 2.71. The standard InChI is InChI=1S/C25H17ClF2/c1-2-3-21-14-15-22(25(28)24(21)27)13-10-19-7-4-18(5-8-19)6-9-20-11-16-23(26)17-12-20/h4-5,7-8,11-12,14-17H,2-3H2,1H3. The molecule has 0 bridgehead atoms. The van der Waals surface area contributed by atoms with Gasteiger partial charge in [-0.2, -0.15) is 0 Å². The molecule has 0 nitrogen and oxygen atoms in total. The first kappa shape index (κ1) is 19.7. The number of halogens is 3. The van der Waals surface area contributed by atoms with Gasteiger partial charge in [0.05, 0.1) is 5.56 Å². The van der Waals surface area contributed by atoms with E-state index in [-0.39, 0.29) is 5.56 Å². The van der Waals surface area contributed by atoms with Crippen LogP contribution in [0.3, 0.4) is 0 Å². The van der Waals surface area contributed by atoms with E-state index in [0.29, 0.717) is 22.6 Å². The SMILES string of the molecule is CCCc1ccc(C#Cc2ccc(C#Cc3ccc(Cl)cc3)cc2)c(F)c1F. The molecule has 3 heteroatoms. The van der Waals surface area contributed by atoms with Gasteiger partial charge in [0.25, 0.3) is 0 Å². The Morgan fingerprint density at radius 3 is 1.71 bits per heavy atom. The highest BCUT2D eigenvalue weighted by molar-refractivity contribution is 6.30. The Labute approximate surface area is 169 Å². The fraction of sp³-hybridized carbons (Fsp3) is 0.120. The van der Waals surface area contributed by atoms with Crippen molar-refractivity contribution in [3.8, 4) is 23.7 Å². The molecule has 0 aromatic heterocycles. The lowest BCUT2D eigenvalue weighted by atomic mass is 10.1. The van der Waals surface area contributed by atoms with Crippen molar-refractivity contribution in [3.05, 3.63) is 105 Å². The third-order valence-corrected chi connectivity index (χ3v) is 4.36. The quantitative estimate of drug-likeness (QED) is 0.446. The van der Waals surface area contributed by atoms with Crippen molar-refractivity contribution in [2.75, 3.05) is 0 Å². The van der Waals surface area contributed by atoms with Gasteiger partial charge in [0.2, 0.25) is 0 Å².